The molecule has 0 bridgehead atoms. The van der Waals surface area contributed by atoms with Crippen LogP contribution in [0.15, 0.2) is 0 Å². The lowest BCUT2D eigenvalue weighted by molar-refractivity contribution is -0.136. The number of methoxy groups -OCH3 is 2. The standard InChI is InChI=1S/C13H25N3O4/c1-19-8-5-11(14)13(18)15-10-3-6-16(7-4-10)12(17)9-20-2/h10-11H,3-9,14H2,1-2H3,(H,15,18). The molecular formula is C13H25N3O4. The fraction of sp³-hybridized carbons (Fsp3) is 0.846. The Kier molecular flexibility index (Phi) is 7.50. The molecular weight excluding hydrogens is 262 g/mol. The monoisotopic (exact) mass is 287 g/mol. The Morgan fingerprint density at radius 1 is 1.30 bits per heavy atom. The molecule has 1 atom stereocenters. The van der Waals surface area contributed by atoms with Crippen LogP contribution in [-0.2, 0) is 19.1 Å². The SMILES string of the molecule is COCCC(N)C(=O)NC1CCN(C(=O)COC)CC1. The van der Waals surface area contributed by atoms with Crippen LogP contribution in [0.3, 0.4) is 0 Å². The van der Waals surface area contributed by atoms with Crippen LogP contribution in [0.2, 0.25) is 0 Å². The van der Waals surface area contributed by atoms with E-state index in [1.54, 1.807) is 12.0 Å². The molecule has 20 heavy (non-hydrogen) atoms. The molecule has 1 unspecified atom stereocenters. The van der Waals surface area contributed by atoms with Gasteiger partial charge in [-0.15, -0.1) is 0 Å². The van der Waals surface area contributed by atoms with E-state index in [2.05, 4.69) is 5.32 Å². The third kappa shape index (κ3) is 5.44. The third-order valence-electron chi connectivity index (χ3n) is 3.43. The van der Waals surface area contributed by atoms with Crippen molar-refractivity contribution >= 4 is 11.8 Å². The van der Waals surface area contributed by atoms with Crippen molar-refractivity contribution in [3.05, 3.63) is 0 Å². The maximum absolute atomic E-state index is 11.8. The average molecular weight is 287 g/mol. The summed E-state index contributed by atoms with van der Waals surface area (Å²) in [5.41, 5.74) is 5.76. The van der Waals surface area contributed by atoms with E-state index in [-0.39, 0.29) is 24.5 Å². The van der Waals surface area contributed by atoms with Crippen molar-refractivity contribution in [2.24, 2.45) is 5.73 Å². The fourth-order valence-electron chi connectivity index (χ4n) is 2.17. The van der Waals surface area contributed by atoms with Gasteiger partial charge in [0, 0.05) is 40.0 Å². The molecule has 1 heterocycles. The zero-order valence-electron chi connectivity index (χ0n) is 12.3. The lowest BCUT2D eigenvalue weighted by Gasteiger charge is -2.32. The normalized spacial score (nSPS) is 17.9. The Labute approximate surface area is 119 Å². The molecule has 2 amide bonds. The summed E-state index contributed by atoms with van der Waals surface area (Å²) in [6.45, 7) is 1.86. The molecule has 1 fully saturated rings. The van der Waals surface area contributed by atoms with Gasteiger partial charge in [-0.25, -0.2) is 0 Å². The highest BCUT2D eigenvalue weighted by Crippen LogP contribution is 2.11. The van der Waals surface area contributed by atoms with Crippen LogP contribution < -0.4 is 11.1 Å². The Bertz CT molecular complexity index is 317. The van der Waals surface area contributed by atoms with Gasteiger partial charge in [-0.3, -0.25) is 9.59 Å². The Hall–Kier alpha value is -1.18. The summed E-state index contributed by atoms with van der Waals surface area (Å²) in [5.74, 6) is -0.155. The quantitative estimate of drug-likeness (QED) is 0.633. The number of nitrogens with zero attached hydrogens (tertiary/aromatic N) is 1. The Morgan fingerprint density at radius 2 is 1.95 bits per heavy atom. The summed E-state index contributed by atoms with van der Waals surface area (Å²) in [4.78, 5) is 25.2. The Morgan fingerprint density at radius 3 is 2.50 bits per heavy atom. The number of piperidine rings is 1. The lowest BCUT2D eigenvalue weighted by Crippen LogP contribution is -2.51. The van der Waals surface area contributed by atoms with Gasteiger partial charge in [-0.2, -0.15) is 0 Å². The van der Waals surface area contributed by atoms with Crippen LogP contribution in [0.25, 0.3) is 0 Å². The first-order valence-electron chi connectivity index (χ1n) is 6.90. The highest BCUT2D eigenvalue weighted by molar-refractivity contribution is 5.81. The number of rotatable bonds is 7. The molecule has 3 N–H and O–H groups in total. The van der Waals surface area contributed by atoms with Gasteiger partial charge in [0.15, 0.2) is 0 Å². The molecule has 0 aromatic rings. The second kappa shape index (κ2) is 8.89. The largest absolute Gasteiger partial charge is 0.385 e. The molecule has 7 heteroatoms. The first-order chi connectivity index (χ1) is 9.58. The molecule has 0 aromatic carbocycles. The number of hydrogen-bond donors (Lipinski definition) is 2. The van der Waals surface area contributed by atoms with Gasteiger partial charge < -0.3 is 25.4 Å². The average Bonchev–Trinajstić information content (AvgIpc) is 2.45. The molecule has 0 spiro atoms. The van der Waals surface area contributed by atoms with Crippen molar-refractivity contribution in [2.75, 3.05) is 40.5 Å². The minimum atomic E-state index is -0.539. The van der Waals surface area contributed by atoms with E-state index in [0.29, 0.717) is 26.1 Å². The summed E-state index contributed by atoms with van der Waals surface area (Å²) in [6.07, 6.45) is 2.00. The van der Waals surface area contributed by atoms with Crippen molar-refractivity contribution in [3.8, 4) is 0 Å². The molecule has 0 radical (unpaired) electrons. The number of hydrogen-bond acceptors (Lipinski definition) is 5. The molecule has 7 nitrogen and oxygen atoms in total. The molecule has 0 aliphatic carbocycles. The van der Waals surface area contributed by atoms with Crippen molar-refractivity contribution in [1.29, 1.82) is 0 Å². The van der Waals surface area contributed by atoms with Gasteiger partial charge in [0.1, 0.15) is 6.61 Å². The van der Waals surface area contributed by atoms with E-state index in [4.69, 9.17) is 15.2 Å². The van der Waals surface area contributed by atoms with E-state index in [1.807, 2.05) is 0 Å². The number of carbonyl (C=O) groups is 2. The molecule has 0 saturated carbocycles. The van der Waals surface area contributed by atoms with E-state index in [9.17, 15) is 9.59 Å². The maximum atomic E-state index is 11.8. The van der Waals surface area contributed by atoms with Crippen molar-refractivity contribution in [3.63, 3.8) is 0 Å². The van der Waals surface area contributed by atoms with Crippen LogP contribution >= 0.6 is 0 Å². The van der Waals surface area contributed by atoms with E-state index in [1.165, 1.54) is 7.11 Å². The summed E-state index contributed by atoms with van der Waals surface area (Å²) in [6, 6.07) is -0.453. The zero-order valence-corrected chi connectivity index (χ0v) is 12.3. The van der Waals surface area contributed by atoms with Gasteiger partial charge in [0.2, 0.25) is 11.8 Å². The number of carbonyl (C=O) groups excluding carboxylic acids is 2. The first-order valence-corrected chi connectivity index (χ1v) is 6.90. The number of nitrogens with one attached hydrogen (secondary N) is 1. The summed E-state index contributed by atoms with van der Waals surface area (Å²) >= 11 is 0. The minimum absolute atomic E-state index is 0.00549. The van der Waals surface area contributed by atoms with Crippen LogP contribution in [0, 0.1) is 0 Å². The van der Waals surface area contributed by atoms with E-state index in [0.717, 1.165) is 12.8 Å². The highest BCUT2D eigenvalue weighted by atomic mass is 16.5. The van der Waals surface area contributed by atoms with Gasteiger partial charge >= 0.3 is 0 Å². The second-order valence-electron chi connectivity index (χ2n) is 4.98. The molecule has 1 rings (SSSR count). The molecule has 1 aliphatic heterocycles. The van der Waals surface area contributed by atoms with Gasteiger partial charge in [-0.05, 0) is 19.3 Å². The minimum Gasteiger partial charge on any atom is -0.385 e. The van der Waals surface area contributed by atoms with Crippen molar-refractivity contribution < 1.29 is 19.1 Å². The van der Waals surface area contributed by atoms with E-state index < -0.39 is 6.04 Å². The third-order valence-corrected chi connectivity index (χ3v) is 3.43. The number of amides is 2. The zero-order chi connectivity index (χ0) is 15.0. The summed E-state index contributed by atoms with van der Waals surface area (Å²) in [5, 5.41) is 2.93. The molecule has 0 aromatic heterocycles. The smallest absolute Gasteiger partial charge is 0.248 e. The predicted octanol–water partition coefficient (Wildman–Crippen LogP) is -0.896. The van der Waals surface area contributed by atoms with E-state index >= 15 is 0 Å². The van der Waals surface area contributed by atoms with Crippen LogP contribution in [0.1, 0.15) is 19.3 Å². The molecule has 1 aliphatic rings. The van der Waals surface area contributed by atoms with Crippen molar-refractivity contribution in [1.82, 2.24) is 10.2 Å². The highest BCUT2D eigenvalue weighted by Gasteiger charge is 2.25. The topological polar surface area (TPSA) is 93.9 Å². The second-order valence-corrected chi connectivity index (χ2v) is 4.98. The lowest BCUT2D eigenvalue weighted by atomic mass is 10.0. The molecule has 116 valence electrons. The number of nitrogens with two attached hydrogens (primary N) is 1. The van der Waals surface area contributed by atoms with Gasteiger partial charge in [0.25, 0.3) is 0 Å². The molecule has 1 saturated heterocycles. The van der Waals surface area contributed by atoms with Gasteiger partial charge in [0.05, 0.1) is 6.04 Å². The fourth-order valence-corrected chi connectivity index (χ4v) is 2.17. The van der Waals surface area contributed by atoms with Crippen LogP contribution in [0.4, 0.5) is 0 Å². The maximum Gasteiger partial charge on any atom is 0.248 e. The first kappa shape index (κ1) is 16.9. The van der Waals surface area contributed by atoms with Crippen LogP contribution in [0.5, 0.6) is 0 Å². The number of ether oxygens (including phenoxy) is 2. The predicted molar refractivity (Wildman–Crippen MR) is 74.1 cm³/mol. The Balaban J connectivity index is 2.28. The summed E-state index contributed by atoms with van der Waals surface area (Å²) < 4.78 is 9.73. The van der Waals surface area contributed by atoms with Gasteiger partial charge in [-0.1, -0.05) is 0 Å². The van der Waals surface area contributed by atoms with Crippen LogP contribution in [-0.4, -0.2) is 69.3 Å². The van der Waals surface area contributed by atoms with Crippen molar-refractivity contribution in [2.45, 2.75) is 31.3 Å². The number of likely N-dealkylation sites (tertiary alicyclic amines) is 1. The summed E-state index contributed by atoms with van der Waals surface area (Å²) in [7, 11) is 3.09.